The molecule has 0 saturated carbocycles. The summed E-state index contributed by atoms with van der Waals surface area (Å²) in [6.45, 7) is 3.13. The second-order valence-electron chi connectivity index (χ2n) is 3.49. The third-order valence-corrected chi connectivity index (χ3v) is 2.29. The van der Waals surface area contributed by atoms with Crippen LogP contribution in [0.1, 0.15) is 26.2 Å². The smallest absolute Gasteiger partial charge is 0.113 e. The van der Waals surface area contributed by atoms with Gasteiger partial charge in [-0.05, 0) is 18.6 Å². The van der Waals surface area contributed by atoms with Crippen molar-refractivity contribution in [3.63, 3.8) is 0 Å². The van der Waals surface area contributed by atoms with Gasteiger partial charge in [-0.25, -0.2) is 0 Å². The third kappa shape index (κ3) is 3.10. The second-order valence-corrected chi connectivity index (χ2v) is 3.49. The van der Waals surface area contributed by atoms with E-state index in [1.807, 2.05) is 24.3 Å². The molecule has 0 saturated heterocycles. The van der Waals surface area contributed by atoms with E-state index in [0.29, 0.717) is 0 Å². The van der Waals surface area contributed by atoms with Crippen LogP contribution >= 0.6 is 0 Å². The topological polar surface area (TPSA) is 30.7 Å². The van der Waals surface area contributed by atoms with Gasteiger partial charge in [0.25, 0.3) is 0 Å². The van der Waals surface area contributed by atoms with Crippen molar-refractivity contribution in [3.05, 3.63) is 24.3 Å². The maximum Gasteiger partial charge on any atom is 0.113 e. The minimum atomic E-state index is 0. The van der Waals surface area contributed by atoms with Crippen molar-refractivity contribution < 1.29 is 19.5 Å². The van der Waals surface area contributed by atoms with Crippen molar-refractivity contribution >= 4 is 11.0 Å². The van der Waals surface area contributed by atoms with E-state index in [1.54, 1.807) is 4.80 Å². The number of aryl methyl sites for hydroxylation is 1. The molecule has 0 aliphatic carbocycles. The predicted octanol–water partition coefficient (Wildman–Crippen LogP) is 2.62. The number of fused-ring (bicyclic) bond motifs is 1. The Morgan fingerprint density at radius 1 is 1.07 bits per heavy atom. The van der Waals surface area contributed by atoms with Gasteiger partial charge in [-0.1, -0.05) is 31.9 Å². The maximum atomic E-state index is 4.39. The van der Waals surface area contributed by atoms with E-state index in [0.717, 1.165) is 24.0 Å². The van der Waals surface area contributed by atoms with Gasteiger partial charge in [0, 0.05) is 19.5 Å². The van der Waals surface area contributed by atoms with Crippen LogP contribution in [0.3, 0.4) is 0 Å². The van der Waals surface area contributed by atoms with Gasteiger partial charge in [-0.15, -0.1) is 0 Å². The molecule has 0 unspecified atom stereocenters. The Morgan fingerprint density at radius 2 is 1.67 bits per heavy atom. The van der Waals surface area contributed by atoms with Gasteiger partial charge < -0.3 is 0 Å². The molecule has 1 heterocycles. The van der Waals surface area contributed by atoms with E-state index in [9.17, 15) is 0 Å². The fourth-order valence-electron chi connectivity index (χ4n) is 1.51. The first kappa shape index (κ1) is 12.3. The molecule has 1 aromatic carbocycles. The van der Waals surface area contributed by atoms with Crippen LogP contribution in [0.2, 0.25) is 0 Å². The zero-order chi connectivity index (χ0) is 9.80. The van der Waals surface area contributed by atoms with E-state index in [1.165, 1.54) is 12.8 Å². The summed E-state index contributed by atoms with van der Waals surface area (Å²) in [7, 11) is 0. The molecular formula is C11H15N3Zn. The van der Waals surface area contributed by atoms with Crippen LogP contribution in [0.25, 0.3) is 11.0 Å². The van der Waals surface area contributed by atoms with Gasteiger partial charge in [0.05, 0.1) is 6.54 Å². The second kappa shape index (κ2) is 5.96. The van der Waals surface area contributed by atoms with Crippen molar-refractivity contribution in [1.29, 1.82) is 0 Å². The Hall–Kier alpha value is -0.757. The Morgan fingerprint density at radius 3 is 2.20 bits per heavy atom. The molecule has 0 N–H and O–H groups in total. The van der Waals surface area contributed by atoms with Crippen LogP contribution in [0.5, 0.6) is 0 Å². The first-order chi connectivity index (χ1) is 6.90. The number of unbranched alkanes of at least 4 members (excludes halogenated alkanes) is 2. The van der Waals surface area contributed by atoms with Gasteiger partial charge >= 0.3 is 0 Å². The maximum absolute atomic E-state index is 4.39. The number of aromatic nitrogens is 3. The molecule has 0 aliphatic rings. The van der Waals surface area contributed by atoms with Crippen molar-refractivity contribution in [2.75, 3.05) is 0 Å². The Labute approximate surface area is 103 Å². The van der Waals surface area contributed by atoms with E-state index in [-0.39, 0.29) is 19.5 Å². The average Bonchev–Trinajstić information content (AvgIpc) is 2.60. The van der Waals surface area contributed by atoms with E-state index in [2.05, 4.69) is 17.1 Å². The molecule has 2 aromatic rings. The number of hydrogen-bond donors (Lipinski definition) is 0. The molecule has 0 atom stereocenters. The van der Waals surface area contributed by atoms with E-state index >= 15 is 0 Å². The van der Waals surface area contributed by atoms with Crippen molar-refractivity contribution in [3.8, 4) is 0 Å². The summed E-state index contributed by atoms with van der Waals surface area (Å²) in [6.07, 6.45) is 3.65. The molecule has 0 radical (unpaired) electrons. The minimum absolute atomic E-state index is 0. The Balaban J connectivity index is 0.00000112. The van der Waals surface area contributed by atoms with Crippen molar-refractivity contribution in [2.24, 2.45) is 0 Å². The normalized spacial score (nSPS) is 10.2. The first-order valence-electron chi connectivity index (χ1n) is 5.20. The Bertz CT molecular complexity index is 378. The molecule has 1 aromatic heterocycles. The standard InChI is InChI=1S/C11H15N3.Zn/c1-2-3-6-9-14-12-10-7-4-5-8-11(10)13-14;/h4-5,7-8H,2-3,6,9H2,1H3;. The molecule has 0 fully saturated rings. The number of rotatable bonds is 4. The largest absolute Gasteiger partial charge is 0.184 e. The van der Waals surface area contributed by atoms with Gasteiger partial charge in [-0.3, -0.25) is 0 Å². The monoisotopic (exact) mass is 253 g/mol. The molecule has 0 spiro atoms. The summed E-state index contributed by atoms with van der Waals surface area (Å²) < 4.78 is 0. The summed E-state index contributed by atoms with van der Waals surface area (Å²) in [5, 5.41) is 8.78. The summed E-state index contributed by atoms with van der Waals surface area (Å²) in [5.41, 5.74) is 1.98. The fraction of sp³-hybridized carbons (Fsp3) is 0.455. The molecule has 0 aliphatic heterocycles. The van der Waals surface area contributed by atoms with Crippen LogP contribution in [0.4, 0.5) is 0 Å². The fourth-order valence-corrected chi connectivity index (χ4v) is 1.51. The minimum Gasteiger partial charge on any atom is -0.184 e. The van der Waals surface area contributed by atoms with Crippen LogP contribution in [-0.4, -0.2) is 15.0 Å². The van der Waals surface area contributed by atoms with Crippen molar-refractivity contribution in [2.45, 2.75) is 32.7 Å². The molecular weight excluding hydrogens is 240 g/mol. The van der Waals surface area contributed by atoms with Gasteiger partial charge in [0.2, 0.25) is 0 Å². The predicted molar refractivity (Wildman–Crippen MR) is 57.1 cm³/mol. The van der Waals surface area contributed by atoms with Crippen LogP contribution < -0.4 is 0 Å². The van der Waals surface area contributed by atoms with Gasteiger partial charge in [0.1, 0.15) is 11.0 Å². The van der Waals surface area contributed by atoms with Crippen molar-refractivity contribution in [1.82, 2.24) is 15.0 Å². The zero-order valence-corrected chi connectivity index (χ0v) is 12.2. The number of hydrogen-bond acceptors (Lipinski definition) is 2. The van der Waals surface area contributed by atoms with Crippen LogP contribution in [0, 0.1) is 0 Å². The number of nitrogens with zero attached hydrogens (tertiary/aromatic N) is 3. The molecule has 0 bridgehead atoms. The molecule has 15 heavy (non-hydrogen) atoms. The summed E-state index contributed by atoms with van der Waals surface area (Å²) in [5.74, 6) is 0. The van der Waals surface area contributed by atoms with E-state index < -0.39 is 0 Å². The van der Waals surface area contributed by atoms with Gasteiger partial charge in [-0.2, -0.15) is 15.0 Å². The van der Waals surface area contributed by atoms with Crippen LogP contribution in [0.15, 0.2) is 24.3 Å². The summed E-state index contributed by atoms with van der Waals surface area (Å²) in [6, 6.07) is 7.98. The molecule has 76 valence electrons. The Kier molecular flexibility index (Phi) is 4.90. The van der Waals surface area contributed by atoms with Crippen LogP contribution in [-0.2, 0) is 26.0 Å². The molecule has 0 amide bonds. The average molecular weight is 255 g/mol. The van der Waals surface area contributed by atoms with E-state index in [4.69, 9.17) is 0 Å². The SMILES string of the molecule is CCCCCn1nc2ccccc2n1.[Zn]. The molecule has 2 rings (SSSR count). The summed E-state index contributed by atoms with van der Waals surface area (Å²) >= 11 is 0. The third-order valence-electron chi connectivity index (χ3n) is 2.29. The van der Waals surface area contributed by atoms with Gasteiger partial charge in [0.15, 0.2) is 0 Å². The zero-order valence-electron chi connectivity index (χ0n) is 9.19. The molecule has 3 nitrogen and oxygen atoms in total. The first-order valence-corrected chi connectivity index (χ1v) is 5.20. The number of benzene rings is 1. The molecule has 4 heteroatoms. The summed E-state index contributed by atoms with van der Waals surface area (Å²) in [4.78, 5) is 1.81. The quantitative estimate of drug-likeness (QED) is 0.620.